The Kier molecular flexibility index (Phi) is 12.9. The molecule has 1 aromatic carbocycles. The Balaban J connectivity index is 0.00000529. The molecule has 4 nitrogen and oxygen atoms in total. The van der Waals surface area contributed by atoms with E-state index in [1.807, 2.05) is 6.07 Å². The first kappa shape index (κ1) is 23.1. The van der Waals surface area contributed by atoms with Gasteiger partial charge in [-0.1, -0.05) is 32.8 Å². The van der Waals surface area contributed by atoms with Crippen LogP contribution < -0.4 is 10.6 Å². The summed E-state index contributed by atoms with van der Waals surface area (Å²) in [4.78, 5) is 4.21. The highest BCUT2D eigenvalue weighted by Gasteiger charge is 2.04. The van der Waals surface area contributed by atoms with Crippen molar-refractivity contribution in [3.05, 3.63) is 35.1 Å². The van der Waals surface area contributed by atoms with Crippen LogP contribution in [-0.2, 0) is 17.9 Å². The molecular formula is C18H31FIN3O. The summed E-state index contributed by atoms with van der Waals surface area (Å²) in [5.74, 6) is 1.29. The van der Waals surface area contributed by atoms with Crippen LogP contribution in [0.4, 0.5) is 4.39 Å². The molecule has 2 N–H and O–H groups in total. The minimum atomic E-state index is -0.233. The number of rotatable bonds is 9. The molecular weight excluding hydrogens is 420 g/mol. The van der Waals surface area contributed by atoms with E-state index in [1.54, 1.807) is 20.2 Å². The molecule has 0 spiro atoms. The summed E-state index contributed by atoms with van der Waals surface area (Å²) in [7, 11) is 3.32. The van der Waals surface area contributed by atoms with Gasteiger partial charge in [0.05, 0.1) is 6.61 Å². The summed E-state index contributed by atoms with van der Waals surface area (Å²) >= 11 is 0. The Labute approximate surface area is 162 Å². The first-order valence-electron chi connectivity index (χ1n) is 8.27. The number of halogens is 2. The number of benzene rings is 1. The summed E-state index contributed by atoms with van der Waals surface area (Å²) in [6, 6.07) is 5.08. The van der Waals surface area contributed by atoms with Crippen LogP contribution in [0.3, 0.4) is 0 Å². The third-order valence-electron chi connectivity index (χ3n) is 3.59. The van der Waals surface area contributed by atoms with E-state index in [2.05, 4.69) is 29.5 Å². The summed E-state index contributed by atoms with van der Waals surface area (Å²) in [6.45, 7) is 6.28. The Bertz CT molecular complexity index is 495. The highest BCUT2D eigenvalue weighted by atomic mass is 127. The summed E-state index contributed by atoms with van der Waals surface area (Å²) in [6.07, 6.45) is 3.61. The fourth-order valence-electron chi connectivity index (χ4n) is 2.29. The van der Waals surface area contributed by atoms with Gasteiger partial charge in [0.1, 0.15) is 5.82 Å². The second kappa shape index (κ2) is 13.4. The lowest BCUT2D eigenvalue weighted by atomic mass is 10.1. The van der Waals surface area contributed by atoms with Gasteiger partial charge in [-0.05, 0) is 30.0 Å². The lowest BCUT2D eigenvalue weighted by molar-refractivity contribution is 0.181. The quantitative estimate of drug-likeness (QED) is 0.258. The zero-order chi connectivity index (χ0) is 17.1. The minimum Gasteiger partial charge on any atom is -0.380 e. The molecule has 0 aromatic heterocycles. The number of aliphatic imine (C=N–C) groups is 1. The summed E-state index contributed by atoms with van der Waals surface area (Å²) in [5.41, 5.74) is 1.57. The highest BCUT2D eigenvalue weighted by molar-refractivity contribution is 14.0. The topological polar surface area (TPSA) is 45.7 Å². The second-order valence-corrected chi connectivity index (χ2v) is 6.10. The van der Waals surface area contributed by atoms with Crippen molar-refractivity contribution in [2.24, 2.45) is 10.9 Å². The fraction of sp³-hybridized carbons (Fsp3) is 0.611. The number of hydrogen-bond acceptors (Lipinski definition) is 2. The van der Waals surface area contributed by atoms with Gasteiger partial charge in [-0.15, -0.1) is 24.0 Å². The Hall–Kier alpha value is -0.890. The number of unbranched alkanes of at least 4 members (excludes halogenated alkanes) is 1. The molecule has 24 heavy (non-hydrogen) atoms. The van der Waals surface area contributed by atoms with Gasteiger partial charge < -0.3 is 15.4 Å². The Morgan fingerprint density at radius 3 is 2.62 bits per heavy atom. The monoisotopic (exact) mass is 451 g/mol. The van der Waals surface area contributed by atoms with Gasteiger partial charge in [-0.3, -0.25) is 4.99 Å². The lowest BCUT2D eigenvalue weighted by Crippen LogP contribution is -2.37. The van der Waals surface area contributed by atoms with Crippen LogP contribution in [0.2, 0.25) is 0 Å². The first-order chi connectivity index (χ1) is 11.1. The van der Waals surface area contributed by atoms with E-state index in [9.17, 15) is 4.39 Å². The normalized spacial score (nSPS) is 11.3. The van der Waals surface area contributed by atoms with Gasteiger partial charge in [0.25, 0.3) is 0 Å². The van der Waals surface area contributed by atoms with Crippen molar-refractivity contribution in [3.63, 3.8) is 0 Å². The lowest BCUT2D eigenvalue weighted by Gasteiger charge is -2.13. The zero-order valence-corrected chi connectivity index (χ0v) is 17.5. The van der Waals surface area contributed by atoms with E-state index in [0.717, 1.165) is 30.4 Å². The molecule has 6 heteroatoms. The van der Waals surface area contributed by atoms with Crippen LogP contribution in [-0.4, -0.2) is 26.7 Å². The van der Waals surface area contributed by atoms with Crippen LogP contribution in [0.5, 0.6) is 0 Å². The largest absolute Gasteiger partial charge is 0.380 e. The average Bonchev–Trinajstić information content (AvgIpc) is 2.52. The Morgan fingerprint density at radius 2 is 2.00 bits per heavy atom. The average molecular weight is 451 g/mol. The fourth-order valence-corrected chi connectivity index (χ4v) is 2.29. The van der Waals surface area contributed by atoms with Crippen molar-refractivity contribution in [1.82, 2.24) is 10.6 Å². The standard InChI is InChI=1S/C18H30FN3O.HI/c1-14(2)7-5-6-10-21-18(20-3)22-12-15-8-9-17(19)16(11-15)13-23-4;/h8-9,11,14H,5-7,10,12-13H2,1-4H3,(H2,20,21,22);1H. The van der Waals surface area contributed by atoms with E-state index in [1.165, 1.54) is 18.9 Å². The molecule has 0 unspecified atom stereocenters. The van der Waals surface area contributed by atoms with E-state index in [4.69, 9.17) is 4.74 Å². The van der Waals surface area contributed by atoms with Crippen LogP contribution in [0, 0.1) is 11.7 Å². The third kappa shape index (κ3) is 9.42. The molecule has 0 bridgehead atoms. The van der Waals surface area contributed by atoms with Gasteiger partial charge in [-0.2, -0.15) is 0 Å². The molecule has 0 fully saturated rings. The Morgan fingerprint density at radius 1 is 1.25 bits per heavy atom. The summed E-state index contributed by atoms with van der Waals surface area (Å²) < 4.78 is 18.6. The second-order valence-electron chi connectivity index (χ2n) is 6.10. The van der Waals surface area contributed by atoms with Crippen LogP contribution in [0.1, 0.15) is 44.2 Å². The number of guanidine groups is 1. The number of nitrogens with zero attached hydrogens (tertiary/aromatic N) is 1. The SMILES string of the molecule is CN=C(NCCCCC(C)C)NCc1ccc(F)c(COC)c1.I. The zero-order valence-electron chi connectivity index (χ0n) is 15.2. The smallest absolute Gasteiger partial charge is 0.191 e. The molecule has 0 aliphatic heterocycles. The van der Waals surface area contributed by atoms with Gasteiger partial charge in [0, 0.05) is 32.8 Å². The highest BCUT2D eigenvalue weighted by Crippen LogP contribution is 2.11. The van der Waals surface area contributed by atoms with Gasteiger partial charge in [0.2, 0.25) is 0 Å². The predicted octanol–water partition coefficient (Wildman–Crippen LogP) is 4.08. The van der Waals surface area contributed by atoms with Gasteiger partial charge in [0.15, 0.2) is 5.96 Å². The van der Waals surface area contributed by atoms with E-state index >= 15 is 0 Å². The molecule has 0 saturated carbocycles. The number of methoxy groups -OCH3 is 1. The van der Waals surface area contributed by atoms with Gasteiger partial charge in [-0.25, -0.2) is 4.39 Å². The molecule has 1 rings (SSSR count). The maximum Gasteiger partial charge on any atom is 0.191 e. The van der Waals surface area contributed by atoms with Crippen LogP contribution in [0.25, 0.3) is 0 Å². The van der Waals surface area contributed by atoms with Crippen molar-refractivity contribution in [3.8, 4) is 0 Å². The number of ether oxygens (including phenoxy) is 1. The molecule has 0 heterocycles. The number of hydrogen-bond donors (Lipinski definition) is 2. The van der Waals surface area contributed by atoms with Crippen LogP contribution in [0.15, 0.2) is 23.2 Å². The maximum absolute atomic E-state index is 13.6. The van der Waals surface area contributed by atoms with E-state index in [-0.39, 0.29) is 36.4 Å². The van der Waals surface area contributed by atoms with E-state index < -0.39 is 0 Å². The van der Waals surface area contributed by atoms with Crippen molar-refractivity contribution < 1.29 is 9.13 Å². The number of nitrogens with one attached hydrogen (secondary N) is 2. The molecule has 0 radical (unpaired) electrons. The minimum absolute atomic E-state index is 0. The van der Waals surface area contributed by atoms with Crippen molar-refractivity contribution in [2.75, 3.05) is 20.7 Å². The van der Waals surface area contributed by atoms with Gasteiger partial charge >= 0.3 is 0 Å². The molecule has 0 atom stereocenters. The van der Waals surface area contributed by atoms with Crippen LogP contribution >= 0.6 is 24.0 Å². The molecule has 138 valence electrons. The first-order valence-corrected chi connectivity index (χ1v) is 8.27. The molecule has 0 aliphatic carbocycles. The predicted molar refractivity (Wildman–Crippen MR) is 109 cm³/mol. The third-order valence-corrected chi connectivity index (χ3v) is 3.59. The van der Waals surface area contributed by atoms with Crippen molar-refractivity contribution in [2.45, 2.75) is 46.3 Å². The van der Waals surface area contributed by atoms with E-state index in [0.29, 0.717) is 12.1 Å². The molecule has 1 aromatic rings. The maximum atomic E-state index is 13.6. The summed E-state index contributed by atoms with van der Waals surface area (Å²) in [5, 5.41) is 6.55. The molecule has 0 saturated heterocycles. The molecule has 0 amide bonds. The molecule has 0 aliphatic rings. The van der Waals surface area contributed by atoms with Crippen molar-refractivity contribution >= 4 is 29.9 Å². The van der Waals surface area contributed by atoms with Crippen molar-refractivity contribution in [1.29, 1.82) is 0 Å².